The number of aromatic amines is 1. The molecule has 1 fully saturated rings. The summed E-state index contributed by atoms with van der Waals surface area (Å²) >= 11 is 1.81. The summed E-state index contributed by atoms with van der Waals surface area (Å²) in [5, 5.41) is 7.19. The van der Waals surface area contributed by atoms with Crippen LogP contribution in [0.15, 0.2) is 4.90 Å². The van der Waals surface area contributed by atoms with Gasteiger partial charge in [-0.05, 0) is 32.4 Å². The lowest BCUT2D eigenvalue weighted by Crippen LogP contribution is -2.39. The van der Waals surface area contributed by atoms with Gasteiger partial charge in [0.25, 0.3) is 0 Å². The number of sulfonamides is 1. The molecule has 1 heterocycles. The van der Waals surface area contributed by atoms with E-state index in [9.17, 15) is 8.42 Å². The minimum atomic E-state index is -3.55. The van der Waals surface area contributed by atoms with E-state index in [-0.39, 0.29) is 17.5 Å². The molecule has 0 spiro atoms. The molecule has 0 amide bonds. The fourth-order valence-electron chi connectivity index (χ4n) is 2.71. The lowest BCUT2D eigenvalue weighted by molar-refractivity contribution is 0.420. The second-order valence-corrected chi connectivity index (χ2v) is 7.96. The van der Waals surface area contributed by atoms with Gasteiger partial charge in [0.15, 0.2) is 0 Å². The predicted molar refractivity (Wildman–Crippen MR) is 81.1 cm³/mol. The molecular weight excluding hydrogens is 296 g/mol. The molecule has 0 aromatic carbocycles. The van der Waals surface area contributed by atoms with Crippen molar-refractivity contribution in [2.24, 2.45) is 5.73 Å². The molecule has 0 aliphatic heterocycles. The number of hydrogen-bond donors (Lipinski definition) is 3. The van der Waals surface area contributed by atoms with E-state index in [1.54, 1.807) is 6.92 Å². The van der Waals surface area contributed by atoms with Gasteiger partial charge in [0.2, 0.25) is 10.0 Å². The lowest BCUT2D eigenvalue weighted by atomic mass is 9.96. The summed E-state index contributed by atoms with van der Waals surface area (Å²) in [6.07, 6.45) is 6.08. The van der Waals surface area contributed by atoms with Crippen LogP contribution in [0.2, 0.25) is 0 Å². The van der Waals surface area contributed by atoms with Crippen molar-refractivity contribution in [1.29, 1.82) is 0 Å². The molecule has 114 valence electrons. The van der Waals surface area contributed by atoms with Gasteiger partial charge in [-0.15, -0.1) is 0 Å². The maximum absolute atomic E-state index is 12.5. The van der Waals surface area contributed by atoms with Crippen molar-refractivity contribution in [2.45, 2.75) is 55.3 Å². The molecule has 2 atom stereocenters. The van der Waals surface area contributed by atoms with Gasteiger partial charge in [0.1, 0.15) is 4.90 Å². The van der Waals surface area contributed by atoms with Crippen LogP contribution >= 0.6 is 11.8 Å². The van der Waals surface area contributed by atoms with E-state index in [1.807, 2.05) is 11.8 Å². The van der Waals surface area contributed by atoms with Crippen LogP contribution in [-0.4, -0.2) is 36.2 Å². The van der Waals surface area contributed by atoms with Crippen LogP contribution in [0.5, 0.6) is 0 Å². The van der Waals surface area contributed by atoms with Crippen LogP contribution < -0.4 is 10.5 Å². The molecule has 8 heteroatoms. The molecule has 1 saturated carbocycles. The Morgan fingerprint density at radius 1 is 1.50 bits per heavy atom. The SMILES string of the molecule is CSC1CCCC(NS(=O)(=O)c2c(CN)n[nH]c2C)C1. The largest absolute Gasteiger partial charge is 0.325 e. The number of nitrogens with one attached hydrogen (secondary N) is 2. The molecule has 20 heavy (non-hydrogen) atoms. The number of aromatic nitrogens is 2. The number of aryl methyl sites for hydroxylation is 1. The molecule has 6 nitrogen and oxygen atoms in total. The van der Waals surface area contributed by atoms with Crippen molar-refractivity contribution in [2.75, 3.05) is 6.26 Å². The van der Waals surface area contributed by atoms with Crippen molar-refractivity contribution in [3.8, 4) is 0 Å². The Hall–Kier alpha value is -0.570. The highest BCUT2D eigenvalue weighted by Gasteiger charge is 2.29. The summed E-state index contributed by atoms with van der Waals surface area (Å²) in [4.78, 5) is 0.214. The first kappa shape index (κ1) is 15.8. The number of nitrogens with zero attached hydrogens (tertiary/aromatic N) is 1. The van der Waals surface area contributed by atoms with Gasteiger partial charge in [-0.25, -0.2) is 13.1 Å². The Balaban J connectivity index is 2.16. The first-order valence-electron chi connectivity index (χ1n) is 6.77. The van der Waals surface area contributed by atoms with Crippen LogP contribution in [0, 0.1) is 6.92 Å². The summed E-state index contributed by atoms with van der Waals surface area (Å²) in [6, 6.07) is 0.00567. The van der Waals surface area contributed by atoms with Gasteiger partial charge < -0.3 is 5.73 Å². The Morgan fingerprint density at radius 2 is 2.25 bits per heavy atom. The van der Waals surface area contributed by atoms with Crippen molar-refractivity contribution in [3.05, 3.63) is 11.4 Å². The minimum absolute atomic E-state index is 0.00567. The predicted octanol–water partition coefficient (Wildman–Crippen LogP) is 1.13. The third-order valence-corrected chi connectivity index (χ3v) is 6.52. The third-order valence-electron chi connectivity index (χ3n) is 3.70. The standard InChI is InChI=1S/C12H22N4O2S2/c1-8-12(11(7-13)15-14-8)20(17,18)16-9-4-3-5-10(6-9)19-2/h9-10,16H,3-7,13H2,1-2H3,(H,14,15). The number of thioether (sulfide) groups is 1. The van der Waals surface area contributed by atoms with Crippen molar-refractivity contribution < 1.29 is 8.42 Å². The molecule has 0 radical (unpaired) electrons. The van der Waals surface area contributed by atoms with Crippen LogP contribution in [-0.2, 0) is 16.6 Å². The maximum Gasteiger partial charge on any atom is 0.244 e. The molecule has 4 N–H and O–H groups in total. The molecule has 1 aliphatic carbocycles. The highest BCUT2D eigenvalue weighted by atomic mass is 32.2. The summed E-state index contributed by atoms with van der Waals surface area (Å²) in [6.45, 7) is 1.81. The van der Waals surface area contributed by atoms with Gasteiger partial charge in [0.05, 0.1) is 11.4 Å². The van der Waals surface area contributed by atoms with Crippen LogP contribution in [0.1, 0.15) is 37.1 Å². The average Bonchev–Trinajstić information content (AvgIpc) is 2.80. The van der Waals surface area contributed by atoms with Crippen LogP contribution in [0.25, 0.3) is 0 Å². The smallest absolute Gasteiger partial charge is 0.244 e. The number of nitrogens with two attached hydrogens (primary N) is 1. The molecule has 2 rings (SSSR count). The Morgan fingerprint density at radius 3 is 2.90 bits per heavy atom. The normalized spacial score (nSPS) is 23.9. The third kappa shape index (κ3) is 3.36. The quantitative estimate of drug-likeness (QED) is 0.755. The van der Waals surface area contributed by atoms with E-state index in [0.29, 0.717) is 16.6 Å². The minimum Gasteiger partial charge on any atom is -0.325 e. The average molecular weight is 318 g/mol. The molecular formula is C12H22N4O2S2. The fourth-order valence-corrected chi connectivity index (χ4v) is 5.19. The second kappa shape index (κ2) is 6.46. The van der Waals surface area contributed by atoms with Crippen LogP contribution in [0.3, 0.4) is 0 Å². The lowest BCUT2D eigenvalue weighted by Gasteiger charge is -2.28. The van der Waals surface area contributed by atoms with Crippen molar-refractivity contribution in [1.82, 2.24) is 14.9 Å². The number of H-pyrrole nitrogens is 1. The van der Waals surface area contributed by atoms with Gasteiger partial charge >= 0.3 is 0 Å². The van der Waals surface area contributed by atoms with E-state index in [2.05, 4.69) is 21.2 Å². The summed E-state index contributed by atoms with van der Waals surface area (Å²) in [5.41, 5.74) is 6.49. The van der Waals surface area contributed by atoms with Crippen LogP contribution in [0.4, 0.5) is 0 Å². The Bertz CT molecular complexity index is 556. The molecule has 0 bridgehead atoms. The monoisotopic (exact) mass is 318 g/mol. The zero-order chi connectivity index (χ0) is 14.8. The van der Waals surface area contributed by atoms with E-state index < -0.39 is 10.0 Å². The highest BCUT2D eigenvalue weighted by Crippen LogP contribution is 2.28. The van der Waals surface area contributed by atoms with Gasteiger partial charge in [-0.1, -0.05) is 6.42 Å². The molecule has 2 unspecified atom stereocenters. The maximum atomic E-state index is 12.5. The van der Waals surface area contributed by atoms with E-state index in [1.165, 1.54) is 0 Å². The van der Waals surface area contributed by atoms with Gasteiger partial charge in [-0.2, -0.15) is 16.9 Å². The van der Waals surface area contributed by atoms with E-state index in [0.717, 1.165) is 25.7 Å². The molecule has 1 aliphatic rings. The summed E-state index contributed by atoms with van der Waals surface area (Å²) < 4.78 is 27.9. The van der Waals surface area contributed by atoms with Gasteiger partial charge in [-0.3, -0.25) is 5.10 Å². The zero-order valence-electron chi connectivity index (χ0n) is 11.8. The Labute approximate surface area is 124 Å². The topological polar surface area (TPSA) is 101 Å². The van der Waals surface area contributed by atoms with E-state index >= 15 is 0 Å². The zero-order valence-corrected chi connectivity index (χ0v) is 13.5. The summed E-state index contributed by atoms with van der Waals surface area (Å²) in [7, 11) is -3.55. The molecule has 0 saturated heterocycles. The fraction of sp³-hybridized carbons (Fsp3) is 0.750. The number of rotatable bonds is 5. The molecule has 1 aromatic rings. The van der Waals surface area contributed by atoms with Gasteiger partial charge in [0, 0.05) is 17.8 Å². The summed E-state index contributed by atoms with van der Waals surface area (Å²) in [5.74, 6) is 0. The van der Waals surface area contributed by atoms with E-state index in [4.69, 9.17) is 5.73 Å². The second-order valence-electron chi connectivity index (χ2n) is 5.17. The van der Waals surface area contributed by atoms with Crippen molar-refractivity contribution in [3.63, 3.8) is 0 Å². The number of hydrogen-bond acceptors (Lipinski definition) is 5. The highest BCUT2D eigenvalue weighted by molar-refractivity contribution is 7.99. The van der Waals surface area contributed by atoms with Crippen molar-refractivity contribution >= 4 is 21.8 Å². The first-order valence-corrected chi connectivity index (χ1v) is 9.54. The Kier molecular flexibility index (Phi) is 5.11. The first-order chi connectivity index (χ1) is 9.47. The molecule has 1 aromatic heterocycles.